The summed E-state index contributed by atoms with van der Waals surface area (Å²) in [6, 6.07) is 3.37. The molecule has 1 rings (SSSR count). The van der Waals surface area contributed by atoms with Crippen molar-refractivity contribution in [1.29, 1.82) is 0 Å². The molecule has 1 aromatic carbocycles. The molecule has 1 amide bonds. The molecule has 9 heteroatoms. The lowest BCUT2D eigenvalue weighted by atomic mass is 10.2. The molecular weight excluding hydrogens is 286 g/mol. The van der Waals surface area contributed by atoms with Gasteiger partial charge in [0, 0.05) is 19.8 Å². The Balaban J connectivity index is 3.09. The number of benzene rings is 1. The van der Waals surface area contributed by atoms with Crippen LogP contribution in [-0.2, 0) is 14.8 Å². The molecule has 20 heavy (non-hydrogen) atoms. The van der Waals surface area contributed by atoms with E-state index < -0.39 is 16.0 Å². The predicted octanol–water partition coefficient (Wildman–Crippen LogP) is -0.468. The number of carbonyl (C=O) groups excluding carboxylic acids is 1. The summed E-state index contributed by atoms with van der Waals surface area (Å²) in [5, 5.41) is 16.6. The number of sulfonamides is 1. The van der Waals surface area contributed by atoms with E-state index in [-0.39, 0.29) is 28.6 Å². The second-order valence-electron chi connectivity index (χ2n) is 4.20. The molecule has 4 N–H and O–H groups in total. The number of nitrogens with one attached hydrogen (secondary N) is 1. The van der Waals surface area contributed by atoms with Gasteiger partial charge in [-0.2, -0.15) is 0 Å². The van der Waals surface area contributed by atoms with E-state index in [9.17, 15) is 18.0 Å². The van der Waals surface area contributed by atoms with Crippen molar-refractivity contribution in [3.63, 3.8) is 0 Å². The van der Waals surface area contributed by atoms with Crippen LogP contribution in [0, 0.1) is 0 Å². The number of nitrogens with two attached hydrogens (primary N) is 1. The van der Waals surface area contributed by atoms with Gasteiger partial charge in [0.15, 0.2) is 0 Å². The Morgan fingerprint density at radius 3 is 2.40 bits per heavy atom. The predicted molar refractivity (Wildman–Crippen MR) is 72.0 cm³/mol. The normalized spacial score (nSPS) is 10.9. The second kappa shape index (κ2) is 5.88. The van der Waals surface area contributed by atoms with Gasteiger partial charge in [-0.05, 0) is 18.2 Å². The molecular formula is C11H15N3O5S. The molecule has 110 valence electrons. The van der Waals surface area contributed by atoms with Gasteiger partial charge >= 0.3 is 5.97 Å². The number of hydrogen-bond acceptors (Lipinski definition) is 5. The largest absolute Gasteiger partial charge is 0.478 e. The van der Waals surface area contributed by atoms with E-state index in [0.29, 0.717) is 0 Å². The van der Waals surface area contributed by atoms with E-state index in [1.54, 1.807) is 14.1 Å². The Hall–Kier alpha value is -2.13. The zero-order valence-electron chi connectivity index (χ0n) is 11.0. The highest BCUT2D eigenvalue weighted by molar-refractivity contribution is 7.89. The van der Waals surface area contributed by atoms with E-state index in [1.165, 1.54) is 17.0 Å². The SMILES string of the molecule is CN(C)C(=O)CNc1ccc(S(N)(=O)=O)cc1C(=O)O. The van der Waals surface area contributed by atoms with Crippen molar-refractivity contribution in [1.82, 2.24) is 4.90 Å². The van der Waals surface area contributed by atoms with E-state index in [2.05, 4.69) is 5.32 Å². The average molecular weight is 301 g/mol. The van der Waals surface area contributed by atoms with Crippen molar-refractivity contribution in [3.8, 4) is 0 Å². The summed E-state index contributed by atoms with van der Waals surface area (Å²) >= 11 is 0. The van der Waals surface area contributed by atoms with Crippen LogP contribution in [0.1, 0.15) is 10.4 Å². The number of carboxylic acids is 1. The molecule has 0 spiro atoms. The smallest absolute Gasteiger partial charge is 0.337 e. The first-order chi connectivity index (χ1) is 9.12. The first-order valence-corrected chi connectivity index (χ1v) is 7.01. The number of rotatable bonds is 5. The molecule has 0 fully saturated rings. The van der Waals surface area contributed by atoms with Gasteiger partial charge in [0.1, 0.15) is 0 Å². The zero-order valence-corrected chi connectivity index (χ0v) is 11.8. The Kier molecular flexibility index (Phi) is 4.69. The van der Waals surface area contributed by atoms with Crippen LogP contribution in [-0.4, -0.2) is 50.9 Å². The minimum absolute atomic E-state index is 0.109. The van der Waals surface area contributed by atoms with Gasteiger partial charge in [-0.1, -0.05) is 0 Å². The summed E-state index contributed by atoms with van der Waals surface area (Å²) in [4.78, 5) is 23.6. The van der Waals surface area contributed by atoms with Gasteiger partial charge in [0.25, 0.3) is 0 Å². The van der Waals surface area contributed by atoms with E-state index in [0.717, 1.165) is 6.07 Å². The molecule has 0 saturated carbocycles. The maximum absolute atomic E-state index is 11.4. The lowest BCUT2D eigenvalue weighted by Gasteiger charge is -2.13. The van der Waals surface area contributed by atoms with Gasteiger partial charge in [-0.25, -0.2) is 18.4 Å². The van der Waals surface area contributed by atoms with Crippen molar-refractivity contribution in [2.45, 2.75) is 4.90 Å². The average Bonchev–Trinajstić information content (AvgIpc) is 2.34. The minimum Gasteiger partial charge on any atom is -0.478 e. The molecule has 0 unspecified atom stereocenters. The van der Waals surface area contributed by atoms with Crippen molar-refractivity contribution >= 4 is 27.6 Å². The number of carboxylic acid groups (broad SMARTS) is 1. The number of aromatic carboxylic acids is 1. The number of amides is 1. The summed E-state index contributed by atoms with van der Waals surface area (Å²) < 4.78 is 22.4. The number of nitrogens with zero attached hydrogens (tertiary/aromatic N) is 1. The highest BCUT2D eigenvalue weighted by atomic mass is 32.2. The highest BCUT2D eigenvalue weighted by Gasteiger charge is 2.16. The maximum Gasteiger partial charge on any atom is 0.337 e. The Morgan fingerprint density at radius 1 is 1.35 bits per heavy atom. The molecule has 0 saturated heterocycles. The van der Waals surface area contributed by atoms with Crippen LogP contribution in [0.15, 0.2) is 23.1 Å². The molecule has 1 aromatic rings. The molecule has 0 aliphatic carbocycles. The number of likely N-dealkylation sites (N-methyl/N-ethyl adjacent to an activating group) is 1. The summed E-state index contributed by atoms with van der Waals surface area (Å²) in [7, 11) is -0.863. The number of primary sulfonamides is 1. The van der Waals surface area contributed by atoms with Gasteiger partial charge < -0.3 is 15.3 Å². The third-order valence-electron chi connectivity index (χ3n) is 2.48. The van der Waals surface area contributed by atoms with Crippen LogP contribution < -0.4 is 10.5 Å². The molecule has 0 radical (unpaired) electrons. The fraction of sp³-hybridized carbons (Fsp3) is 0.273. The highest BCUT2D eigenvalue weighted by Crippen LogP contribution is 2.19. The quantitative estimate of drug-likeness (QED) is 0.674. The van der Waals surface area contributed by atoms with Crippen molar-refractivity contribution in [3.05, 3.63) is 23.8 Å². The van der Waals surface area contributed by atoms with Crippen molar-refractivity contribution in [2.75, 3.05) is 26.0 Å². The summed E-state index contributed by atoms with van der Waals surface area (Å²) in [5.74, 6) is -1.58. The molecule has 0 aliphatic heterocycles. The van der Waals surface area contributed by atoms with E-state index in [1.807, 2.05) is 0 Å². The third-order valence-corrected chi connectivity index (χ3v) is 3.39. The first-order valence-electron chi connectivity index (χ1n) is 5.47. The lowest BCUT2D eigenvalue weighted by molar-refractivity contribution is -0.126. The number of hydrogen-bond donors (Lipinski definition) is 3. The Bertz CT molecular complexity index is 639. The summed E-state index contributed by atoms with van der Waals surface area (Å²) in [5.41, 5.74) is -0.136. The van der Waals surface area contributed by atoms with Gasteiger partial charge in [-0.3, -0.25) is 4.79 Å². The van der Waals surface area contributed by atoms with Crippen LogP contribution in [0.3, 0.4) is 0 Å². The van der Waals surface area contributed by atoms with Crippen LogP contribution in [0.25, 0.3) is 0 Å². The molecule has 8 nitrogen and oxygen atoms in total. The topological polar surface area (TPSA) is 130 Å². The first kappa shape index (κ1) is 15.9. The van der Waals surface area contributed by atoms with Crippen molar-refractivity contribution in [2.24, 2.45) is 5.14 Å². The fourth-order valence-corrected chi connectivity index (χ4v) is 1.90. The molecule has 0 aromatic heterocycles. The number of anilines is 1. The van der Waals surface area contributed by atoms with Crippen LogP contribution in [0.2, 0.25) is 0 Å². The Morgan fingerprint density at radius 2 is 1.95 bits per heavy atom. The van der Waals surface area contributed by atoms with Gasteiger partial charge in [0.2, 0.25) is 15.9 Å². The second-order valence-corrected chi connectivity index (χ2v) is 5.76. The summed E-state index contributed by atoms with van der Waals surface area (Å²) in [6.45, 7) is -0.109. The standard InChI is InChI=1S/C11H15N3O5S/c1-14(2)10(15)6-13-9-4-3-7(20(12,18)19)5-8(9)11(16)17/h3-5,13H,6H2,1-2H3,(H,16,17)(H2,12,18,19). The maximum atomic E-state index is 11.4. The van der Waals surface area contributed by atoms with Crippen LogP contribution in [0.4, 0.5) is 5.69 Å². The minimum atomic E-state index is -3.99. The monoisotopic (exact) mass is 301 g/mol. The molecule has 0 atom stereocenters. The lowest BCUT2D eigenvalue weighted by Crippen LogP contribution is -2.29. The van der Waals surface area contributed by atoms with E-state index in [4.69, 9.17) is 10.2 Å². The summed E-state index contributed by atoms with van der Waals surface area (Å²) in [6.07, 6.45) is 0. The van der Waals surface area contributed by atoms with Crippen LogP contribution in [0.5, 0.6) is 0 Å². The molecule has 0 bridgehead atoms. The zero-order chi connectivity index (χ0) is 15.5. The van der Waals surface area contributed by atoms with Crippen molar-refractivity contribution < 1.29 is 23.1 Å². The fourth-order valence-electron chi connectivity index (χ4n) is 1.36. The van der Waals surface area contributed by atoms with Gasteiger partial charge in [0.05, 0.1) is 17.0 Å². The Labute approximate surface area is 116 Å². The number of carbonyl (C=O) groups is 2. The van der Waals surface area contributed by atoms with Crippen LogP contribution >= 0.6 is 0 Å². The van der Waals surface area contributed by atoms with E-state index >= 15 is 0 Å². The molecule has 0 heterocycles. The van der Waals surface area contributed by atoms with Gasteiger partial charge in [-0.15, -0.1) is 0 Å². The molecule has 0 aliphatic rings. The third kappa shape index (κ3) is 3.93.